The molecule has 0 saturated heterocycles. The summed E-state index contributed by atoms with van der Waals surface area (Å²) in [5.41, 5.74) is 0. The highest BCUT2D eigenvalue weighted by Crippen LogP contribution is 2.20. The van der Waals surface area contributed by atoms with E-state index >= 15 is 0 Å². The summed E-state index contributed by atoms with van der Waals surface area (Å²) >= 11 is 0. The number of imidazole rings is 1. The monoisotopic (exact) mass is 231 g/mol. The number of nitrogens with one attached hydrogen (secondary N) is 2. The third kappa shape index (κ3) is 2.55. The Morgan fingerprint density at radius 1 is 1.47 bits per heavy atom. The molecule has 1 saturated carbocycles. The van der Waals surface area contributed by atoms with E-state index in [1.165, 1.54) is 12.5 Å². The van der Waals surface area contributed by atoms with Crippen molar-refractivity contribution in [1.82, 2.24) is 14.9 Å². The van der Waals surface area contributed by atoms with Gasteiger partial charge in [-0.25, -0.2) is 13.4 Å². The van der Waals surface area contributed by atoms with Crippen LogP contribution in [0.1, 0.15) is 25.7 Å². The Labute approximate surface area is 88.1 Å². The fourth-order valence-corrected chi connectivity index (χ4v) is 2.33. The molecule has 0 unspecified atom stereocenters. The van der Waals surface area contributed by atoms with Crippen LogP contribution in [-0.4, -0.2) is 24.5 Å². The van der Waals surface area contributed by atoms with Crippen LogP contribution >= 0.6 is 0 Å². The van der Waals surface area contributed by atoms with E-state index in [0.29, 0.717) is 0 Å². The zero-order valence-corrected chi connectivity index (χ0v) is 8.96. The lowest BCUT2D eigenvalue weighted by Gasteiger charge is -2.10. The largest absolute Gasteiger partial charge is 0.335 e. The van der Waals surface area contributed by atoms with Gasteiger partial charge in [0.25, 0.3) is 10.0 Å². The van der Waals surface area contributed by atoms with E-state index in [0.717, 1.165) is 25.7 Å². The van der Waals surface area contributed by atoms with Crippen LogP contribution < -0.4 is 4.89 Å². The minimum atomic E-state index is -3.59. The van der Waals surface area contributed by atoms with Crippen LogP contribution in [0.4, 0.5) is 0 Å². The SMILES string of the molecule is O=S(=O)(NOC1CCCC1)c1cnc[nH]1. The lowest BCUT2D eigenvalue weighted by Crippen LogP contribution is -2.28. The smallest absolute Gasteiger partial charge is 0.279 e. The van der Waals surface area contributed by atoms with E-state index in [1.807, 2.05) is 0 Å². The first-order valence-electron chi connectivity index (χ1n) is 4.84. The summed E-state index contributed by atoms with van der Waals surface area (Å²) in [6.07, 6.45) is 6.55. The molecule has 0 spiro atoms. The average Bonchev–Trinajstić information content (AvgIpc) is 2.88. The quantitative estimate of drug-likeness (QED) is 0.742. The molecule has 0 aromatic carbocycles. The molecule has 0 atom stereocenters. The number of rotatable bonds is 4. The van der Waals surface area contributed by atoms with Gasteiger partial charge in [0.05, 0.1) is 18.6 Å². The van der Waals surface area contributed by atoms with Crippen molar-refractivity contribution in [2.45, 2.75) is 36.8 Å². The van der Waals surface area contributed by atoms with Crippen molar-refractivity contribution in [2.24, 2.45) is 0 Å². The first-order chi connectivity index (χ1) is 7.18. The molecule has 2 rings (SSSR count). The summed E-state index contributed by atoms with van der Waals surface area (Å²) in [6.45, 7) is 0. The molecule has 0 bridgehead atoms. The zero-order chi connectivity index (χ0) is 10.7. The standard InChI is InChI=1S/C8H13N3O3S/c12-15(13,8-5-9-6-10-8)11-14-7-3-1-2-4-7/h5-7,11H,1-4H2,(H,9,10). The summed E-state index contributed by atoms with van der Waals surface area (Å²) in [5.74, 6) is 0. The van der Waals surface area contributed by atoms with Gasteiger partial charge in [-0.05, 0) is 12.8 Å². The Morgan fingerprint density at radius 3 is 2.80 bits per heavy atom. The maximum Gasteiger partial charge on any atom is 0.279 e. The second kappa shape index (κ2) is 4.30. The third-order valence-electron chi connectivity index (χ3n) is 2.39. The van der Waals surface area contributed by atoms with Crippen LogP contribution in [0.5, 0.6) is 0 Å². The highest BCUT2D eigenvalue weighted by molar-refractivity contribution is 7.89. The van der Waals surface area contributed by atoms with Crippen LogP contribution in [0.2, 0.25) is 0 Å². The summed E-state index contributed by atoms with van der Waals surface area (Å²) < 4.78 is 23.1. The van der Waals surface area contributed by atoms with Crippen molar-refractivity contribution < 1.29 is 13.3 Å². The number of aromatic amines is 1. The van der Waals surface area contributed by atoms with E-state index in [-0.39, 0.29) is 11.1 Å². The number of hydrogen-bond donors (Lipinski definition) is 2. The van der Waals surface area contributed by atoms with Crippen molar-refractivity contribution in [3.05, 3.63) is 12.5 Å². The highest BCUT2D eigenvalue weighted by atomic mass is 32.2. The molecule has 1 aliphatic carbocycles. The van der Waals surface area contributed by atoms with Gasteiger partial charge in [-0.2, -0.15) is 0 Å². The fraction of sp³-hybridized carbons (Fsp3) is 0.625. The van der Waals surface area contributed by atoms with Gasteiger partial charge in [0.15, 0.2) is 5.03 Å². The Balaban J connectivity index is 1.93. The number of hydrogen-bond acceptors (Lipinski definition) is 4. The summed E-state index contributed by atoms with van der Waals surface area (Å²) in [5, 5.41) is 0.0143. The minimum absolute atomic E-state index is 0.00250. The summed E-state index contributed by atoms with van der Waals surface area (Å²) in [4.78, 5) is 13.4. The van der Waals surface area contributed by atoms with Crippen LogP contribution in [0.15, 0.2) is 17.6 Å². The normalized spacial score (nSPS) is 18.4. The van der Waals surface area contributed by atoms with E-state index in [2.05, 4.69) is 14.9 Å². The number of aromatic nitrogens is 2. The zero-order valence-electron chi connectivity index (χ0n) is 8.14. The Hall–Kier alpha value is -0.920. The van der Waals surface area contributed by atoms with Gasteiger partial charge in [0.2, 0.25) is 0 Å². The molecule has 6 nitrogen and oxygen atoms in total. The number of sulfonamides is 1. The second-order valence-corrected chi connectivity index (χ2v) is 5.14. The minimum Gasteiger partial charge on any atom is -0.335 e. The molecule has 0 radical (unpaired) electrons. The Bertz CT molecular complexity index is 395. The molecular weight excluding hydrogens is 218 g/mol. The first-order valence-corrected chi connectivity index (χ1v) is 6.32. The van der Waals surface area contributed by atoms with Gasteiger partial charge in [-0.3, -0.25) is 4.84 Å². The molecule has 1 aromatic heterocycles. The van der Waals surface area contributed by atoms with Gasteiger partial charge in [-0.15, -0.1) is 0 Å². The van der Waals surface area contributed by atoms with Crippen LogP contribution in [-0.2, 0) is 14.9 Å². The molecule has 0 amide bonds. The first kappa shape index (κ1) is 10.6. The van der Waals surface area contributed by atoms with Gasteiger partial charge < -0.3 is 4.98 Å². The maximum atomic E-state index is 11.5. The summed E-state index contributed by atoms with van der Waals surface area (Å²) in [7, 11) is -3.59. The van der Waals surface area contributed by atoms with E-state index in [1.54, 1.807) is 0 Å². The van der Waals surface area contributed by atoms with Gasteiger partial charge >= 0.3 is 0 Å². The lowest BCUT2D eigenvalue weighted by molar-refractivity contribution is 0.0222. The topological polar surface area (TPSA) is 84.1 Å². The predicted molar refractivity (Wildman–Crippen MR) is 52.3 cm³/mol. The van der Waals surface area contributed by atoms with Gasteiger partial charge in [0.1, 0.15) is 0 Å². The van der Waals surface area contributed by atoms with Gasteiger partial charge in [-0.1, -0.05) is 17.7 Å². The van der Waals surface area contributed by atoms with Crippen molar-refractivity contribution >= 4 is 10.0 Å². The molecule has 1 fully saturated rings. The van der Waals surface area contributed by atoms with Crippen LogP contribution in [0.3, 0.4) is 0 Å². The third-order valence-corrected chi connectivity index (χ3v) is 3.51. The van der Waals surface area contributed by atoms with Gasteiger partial charge in [0, 0.05) is 0 Å². The van der Waals surface area contributed by atoms with Crippen LogP contribution in [0, 0.1) is 0 Å². The highest BCUT2D eigenvalue weighted by Gasteiger charge is 2.21. The second-order valence-electron chi connectivity index (χ2n) is 3.53. The van der Waals surface area contributed by atoms with Crippen molar-refractivity contribution in [3.8, 4) is 0 Å². The molecule has 1 aromatic rings. The Kier molecular flexibility index (Phi) is 3.03. The lowest BCUT2D eigenvalue weighted by atomic mass is 10.3. The average molecular weight is 231 g/mol. The molecular formula is C8H13N3O3S. The molecule has 15 heavy (non-hydrogen) atoms. The van der Waals surface area contributed by atoms with E-state index in [9.17, 15) is 8.42 Å². The fourth-order valence-electron chi connectivity index (χ4n) is 1.57. The molecule has 84 valence electrons. The van der Waals surface area contributed by atoms with E-state index in [4.69, 9.17) is 4.84 Å². The van der Waals surface area contributed by atoms with Crippen molar-refractivity contribution in [3.63, 3.8) is 0 Å². The number of H-pyrrole nitrogens is 1. The molecule has 1 heterocycles. The summed E-state index contributed by atoms with van der Waals surface area (Å²) in [6, 6.07) is 0. The predicted octanol–water partition coefficient (Wildman–Crippen LogP) is 0.562. The van der Waals surface area contributed by atoms with Crippen molar-refractivity contribution in [1.29, 1.82) is 0 Å². The van der Waals surface area contributed by atoms with Crippen LogP contribution in [0.25, 0.3) is 0 Å². The van der Waals surface area contributed by atoms with E-state index < -0.39 is 10.0 Å². The molecule has 2 N–H and O–H groups in total. The molecule has 1 aliphatic rings. The molecule has 0 aliphatic heterocycles. The maximum absolute atomic E-state index is 11.5. The van der Waals surface area contributed by atoms with Crippen molar-refractivity contribution in [2.75, 3.05) is 0 Å². The number of nitrogens with zero attached hydrogens (tertiary/aromatic N) is 1. The molecule has 7 heteroatoms. The Morgan fingerprint density at radius 2 is 2.20 bits per heavy atom.